The number of nitrogens with zero attached hydrogens (tertiary/aromatic N) is 1. The molecule has 0 bridgehead atoms. The number of nitrogens with two attached hydrogens (primary N) is 1. The van der Waals surface area contributed by atoms with Crippen molar-refractivity contribution >= 4 is 5.84 Å². The number of halogens is 1. The van der Waals surface area contributed by atoms with E-state index in [1.165, 1.54) is 6.07 Å². The van der Waals surface area contributed by atoms with Crippen molar-refractivity contribution < 1.29 is 19.1 Å². The molecule has 0 atom stereocenters. The molecule has 0 aromatic heterocycles. The van der Waals surface area contributed by atoms with Gasteiger partial charge < -0.3 is 20.4 Å². The summed E-state index contributed by atoms with van der Waals surface area (Å²) in [4.78, 5) is 0. The average molecular weight is 256 g/mol. The van der Waals surface area contributed by atoms with Gasteiger partial charge in [-0.3, -0.25) is 0 Å². The lowest BCUT2D eigenvalue weighted by molar-refractivity contribution is 0.0912. The summed E-state index contributed by atoms with van der Waals surface area (Å²) in [5.41, 5.74) is 5.80. The summed E-state index contributed by atoms with van der Waals surface area (Å²) in [6.07, 6.45) is 0.748. The minimum Gasteiger partial charge on any atom is -0.409 e. The van der Waals surface area contributed by atoms with E-state index in [1.807, 2.05) is 0 Å². The highest BCUT2D eigenvalue weighted by Crippen LogP contribution is 2.14. The zero-order valence-electron chi connectivity index (χ0n) is 10.2. The van der Waals surface area contributed by atoms with Gasteiger partial charge in [0, 0.05) is 25.9 Å². The van der Waals surface area contributed by atoms with Crippen LogP contribution in [-0.2, 0) is 16.1 Å². The third-order valence-corrected chi connectivity index (χ3v) is 2.36. The van der Waals surface area contributed by atoms with E-state index in [0.717, 1.165) is 6.42 Å². The second-order valence-electron chi connectivity index (χ2n) is 3.66. The van der Waals surface area contributed by atoms with Crippen LogP contribution in [0.2, 0.25) is 0 Å². The van der Waals surface area contributed by atoms with Gasteiger partial charge in [0.25, 0.3) is 0 Å². The lowest BCUT2D eigenvalue weighted by Crippen LogP contribution is -2.16. The van der Waals surface area contributed by atoms with Gasteiger partial charge in [-0.2, -0.15) is 0 Å². The van der Waals surface area contributed by atoms with E-state index in [1.54, 1.807) is 19.2 Å². The van der Waals surface area contributed by atoms with Crippen molar-refractivity contribution in [2.45, 2.75) is 13.0 Å². The average Bonchev–Trinajstić information content (AvgIpc) is 2.39. The molecule has 0 heterocycles. The van der Waals surface area contributed by atoms with Gasteiger partial charge in [-0.15, -0.1) is 0 Å². The molecule has 0 radical (unpaired) electrons. The minimum atomic E-state index is -0.528. The first kappa shape index (κ1) is 14.4. The molecular formula is C12H17FN2O3. The van der Waals surface area contributed by atoms with Gasteiger partial charge in [0.15, 0.2) is 5.84 Å². The summed E-state index contributed by atoms with van der Waals surface area (Å²) in [6, 6.07) is 4.67. The number of hydrogen-bond donors (Lipinski definition) is 2. The van der Waals surface area contributed by atoms with Crippen LogP contribution >= 0.6 is 0 Å². The van der Waals surface area contributed by atoms with E-state index in [9.17, 15) is 4.39 Å². The molecular weight excluding hydrogens is 239 g/mol. The number of amidine groups is 1. The van der Waals surface area contributed by atoms with Gasteiger partial charge in [0.05, 0.1) is 12.2 Å². The number of ether oxygens (including phenoxy) is 2. The molecule has 0 saturated carbocycles. The molecule has 0 unspecified atom stereocenters. The maximum Gasteiger partial charge on any atom is 0.173 e. The monoisotopic (exact) mass is 256 g/mol. The van der Waals surface area contributed by atoms with Crippen LogP contribution in [0.5, 0.6) is 0 Å². The van der Waals surface area contributed by atoms with Crippen molar-refractivity contribution in [3.8, 4) is 0 Å². The zero-order valence-corrected chi connectivity index (χ0v) is 10.2. The predicted molar refractivity (Wildman–Crippen MR) is 65.1 cm³/mol. The van der Waals surface area contributed by atoms with Crippen molar-refractivity contribution in [2.24, 2.45) is 10.9 Å². The molecule has 0 aliphatic heterocycles. The molecule has 0 aliphatic rings. The van der Waals surface area contributed by atoms with Crippen molar-refractivity contribution in [3.63, 3.8) is 0 Å². The smallest absolute Gasteiger partial charge is 0.173 e. The largest absolute Gasteiger partial charge is 0.409 e. The quantitative estimate of drug-likeness (QED) is 0.255. The van der Waals surface area contributed by atoms with Gasteiger partial charge >= 0.3 is 0 Å². The van der Waals surface area contributed by atoms with Crippen molar-refractivity contribution in [1.82, 2.24) is 0 Å². The van der Waals surface area contributed by atoms with Crippen LogP contribution in [0.15, 0.2) is 23.4 Å². The topological polar surface area (TPSA) is 77.1 Å². The normalized spacial score (nSPS) is 11.8. The van der Waals surface area contributed by atoms with Gasteiger partial charge in [-0.25, -0.2) is 4.39 Å². The maximum absolute atomic E-state index is 13.9. The Morgan fingerprint density at radius 3 is 2.89 bits per heavy atom. The SMILES string of the molecule is COCCCOCc1cccc(/C(N)=N/O)c1F. The second kappa shape index (κ2) is 7.62. The van der Waals surface area contributed by atoms with Crippen molar-refractivity contribution in [3.05, 3.63) is 35.1 Å². The standard InChI is InChI=1S/C12H17FN2O3/c1-17-6-3-7-18-8-9-4-2-5-10(11(9)13)12(14)15-16/h2,4-5,16H,3,6-8H2,1H3,(H2,14,15). The summed E-state index contributed by atoms with van der Waals surface area (Å²) < 4.78 is 24.1. The Morgan fingerprint density at radius 2 is 2.22 bits per heavy atom. The molecule has 3 N–H and O–H groups in total. The van der Waals surface area contributed by atoms with E-state index in [4.69, 9.17) is 20.4 Å². The second-order valence-corrected chi connectivity index (χ2v) is 3.66. The molecule has 0 amide bonds. The van der Waals surface area contributed by atoms with E-state index < -0.39 is 5.82 Å². The van der Waals surface area contributed by atoms with E-state index in [-0.39, 0.29) is 18.0 Å². The van der Waals surface area contributed by atoms with Crippen LogP contribution in [-0.4, -0.2) is 31.4 Å². The minimum absolute atomic E-state index is 0.0653. The highest BCUT2D eigenvalue weighted by Gasteiger charge is 2.11. The van der Waals surface area contributed by atoms with Gasteiger partial charge in [0.1, 0.15) is 5.82 Å². The Balaban J connectivity index is 2.61. The number of oxime groups is 1. The van der Waals surface area contributed by atoms with Crippen LogP contribution in [0.4, 0.5) is 4.39 Å². The Bertz CT molecular complexity index is 410. The van der Waals surface area contributed by atoms with Crippen molar-refractivity contribution in [2.75, 3.05) is 20.3 Å². The number of rotatable bonds is 7. The molecule has 1 rings (SSSR count). The highest BCUT2D eigenvalue weighted by molar-refractivity contribution is 5.97. The van der Waals surface area contributed by atoms with Crippen LogP contribution in [0.1, 0.15) is 17.5 Å². The summed E-state index contributed by atoms with van der Waals surface area (Å²) in [5.74, 6) is -0.784. The molecule has 1 aromatic rings. The molecule has 6 heteroatoms. The van der Waals surface area contributed by atoms with Gasteiger partial charge in [-0.1, -0.05) is 17.3 Å². The number of hydrogen-bond acceptors (Lipinski definition) is 4. The van der Waals surface area contributed by atoms with Crippen LogP contribution in [0.25, 0.3) is 0 Å². The zero-order chi connectivity index (χ0) is 13.4. The highest BCUT2D eigenvalue weighted by atomic mass is 19.1. The van der Waals surface area contributed by atoms with Gasteiger partial charge in [0.2, 0.25) is 0 Å². The fraction of sp³-hybridized carbons (Fsp3) is 0.417. The number of benzene rings is 1. The molecule has 0 aliphatic carbocycles. The summed E-state index contributed by atoms with van der Waals surface area (Å²) in [7, 11) is 1.61. The van der Waals surface area contributed by atoms with Gasteiger partial charge in [-0.05, 0) is 12.5 Å². The molecule has 18 heavy (non-hydrogen) atoms. The van der Waals surface area contributed by atoms with Crippen LogP contribution in [0.3, 0.4) is 0 Å². The Labute approximate surface area is 105 Å². The Kier molecular flexibility index (Phi) is 6.10. The van der Waals surface area contributed by atoms with E-state index >= 15 is 0 Å². The fourth-order valence-electron chi connectivity index (χ4n) is 1.43. The van der Waals surface area contributed by atoms with E-state index in [0.29, 0.717) is 18.8 Å². The third kappa shape index (κ3) is 3.97. The van der Waals surface area contributed by atoms with Crippen LogP contribution < -0.4 is 5.73 Å². The lowest BCUT2D eigenvalue weighted by Gasteiger charge is -2.08. The third-order valence-electron chi connectivity index (χ3n) is 2.36. The molecule has 0 spiro atoms. The molecule has 5 nitrogen and oxygen atoms in total. The molecule has 0 fully saturated rings. The fourth-order valence-corrected chi connectivity index (χ4v) is 1.43. The predicted octanol–water partition coefficient (Wildman–Crippen LogP) is 1.47. The first-order valence-corrected chi connectivity index (χ1v) is 5.52. The first-order valence-electron chi connectivity index (χ1n) is 5.52. The summed E-state index contributed by atoms with van der Waals surface area (Å²) >= 11 is 0. The summed E-state index contributed by atoms with van der Waals surface area (Å²) in [5, 5.41) is 11.3. The molecule has 0 saturated heterocycles. The Morgan fingerprint density at radius 1 is 1.44 bits per heavy atom. The lowest BCUT2D eigenvalue weighted by atomic mass is 10.1. The molecule has 100 valence electrons. The van der Waals surface area contributed by atoms with Crippen molar-refractivity contribution in [1.29, 1.82) is 0 Å². The summed E-state index contributed by atoms with van der Waals surface area (Å²) in [6.45, 7) is 1.23. The maximum atomic E-state index is 13.9. The molecule has 1 aromatic carbocycles. The number of methoxy groups -OCH3 is 1. The Hall–Kier alpha value is -1.66. The van der Waals surface area contributed by atoms with E-state index in [2.05, 4.69) is 5.16 Å². The van der Waals surface area contributed by atoms with Crippen LogP contribution in [0, 0.1) is 5.82 Å². The first-order chi connectivity index (χ1) is 8.70.